The maximum absolute atomic E-state index is 14.0. The topological polar surface area (TPSA) is 73.3 Å². The van der Waals surface area contributed by atoms with Crippen LogP contribution in [0.2, 0.25) is 0 Å². The van der Waals surface area contributed by atoms with Gasteiger partial charge in [-0.3, -0.25) is 9.80 Å². The fourth-order valence-corrected chi connectivity index (χ4v) is 4.15. The number of hydrogen-bond acceptors (Lipinski definition) is 4. The number of aliphatic hydroxyl groups excluding tert-OH is 1. The number of alkyl halides is 6. The van der Waals surface area contributed by atoms with Gasteiger partial charge in [-0.15, -0.1) is 0 Å². The van der Waals surface area contributed by atoms with Crippen LogP contribution in [-0.4, -0.2) is 54.4 Å². The molecule has 1 aliphatic heterocycles. The molecular weight excluding hydrogens is 515 g/mol. The van der Waals surface area contributed by atoms with Gasteiger partial charge in [0, 0.05) is 31.9 Å². The molecule has 200 valence electrons. The lowest BCUT2D eigenvalue weighted by Crippen LogP contribution is -2.48. The minimum atomic E-state index is -5.39. The summed E-state index contributed by atoms with van der Waals surface area (Å²) in [4.78, 5) is 28.4. The highest BCUT2D eigenvalue weighted by molar-refractivity contribution is 5.98. The van der Waals surface area contributed by atoms with E-state index in [9.17, 15) is 45.4 Å². The van der Waals surface area contributed by atoms with Crippen LogP contribution < -0.4 is 14.5 Å². The molecule has 0 atom stereocenters. The van der Waals surface area contributed by atoms with E-state index in [-0.39, 0.29) is 37.7 Å². The van der Waals surface area contributed by atoms with Gasteiger partial charge in [0.05, 0.1) is 17.4 Å². The van der Waals surface area contributed by atoms with Crippen LogP contribution in [0.15, 0.2) is 36.4 Å². The first-order chi connectivity index (χ1) is 17.2. The predicted molar refractivity (Wildman–Crippen MR) is 116 cm³/mol. The van der Waals surface area contributed by atoms with Crippen molar-refractivity contribution in [1.29, 1.82) is 0 Å². The number of aliphatic hydroxyl groups is 1. The maximum Gasteiger partial charge on any atom is 0.420 e. The van der Waals surface area contributed by atoms with Crippen LogP contribution in [0.1, 0.15) is 24.0 Å². The Labute approximate surface area is 205 Å². The summed E-state index contributed by atoms with van der Waals surface area (Å²) in [6.07, 6.45) is -12.2. The van der Waals surface area contributed by atoms with Crippen molar-refractivity contribution in [2.75, 3.05) is 29.9 Å². The third kappa shape index (κ3) is 5.29. The second-order valence-electron chi connectivity index (χ2n) is 8.68. The molecule has 7 nitrogen and oxygen atoms in total. The average molecular weight is 535 g/mol. The molecule has 3 amide bonds. The van der Waals surface area contributed by atoms with E-state index >= 15 is 0 Å². The van der Waals surface area contributed by atoms with Gasteiger partial charge in [0.25, 0.3) is 0 Å². The highest BCUT2D eigenvalue weighted by Crippen LogP contribution is 2.47. The number of rotatable bonds is 4. The summed E-state index contributed by atoms with van der Waals surface area (Å²) >= 11 is 0. The van der Waals surface area contributed by atoms with E-state index in [2.05, 4.69) is 0 Å². The van der Waals surface area contributed by atoms with Crippen molar-refractivity contribution < 1.29 is 50.2 Å². The molecule has 0 unspecified atom stereocenters. The minimum absolute atomic E-state index is 0.0172. The fraction of sp³-hybridized carbons (Fsp3) is 0.391. The smallest absolute Gasteiger partial charge is 0.407 e. The quantitative estimate of drug-likeness (QED) is 0.542. The van der Waals surface area contributed by atoms with Gasteiger partial charge in [0.1, 0.15) is 11.4 Å². The Balaban J connectivity index is 1.77. The molecule has 2 aliphatic rings. The van der Waals surface area contributed by atoms with Crippen molar-refractivity contribution >= 4 is 23.5 Å². The first kappa shape index (κ1) is 26.5. The normalized spacial score (nSPS) is 20.2. The second kappa shape index (κ2) is 9.39. The van der Waals surface area contributed by atoms with E-state index in [0.717, 1.165) is 36.2 Å². The number of halogens is 7. The lowest BCUT2D eigenvalue weighted by Gasteiger charge is -2.38. The Bertz CT molecular complexity index is 1190. The number of amides is 3. The fourth-order valence-electron chi connectivity index (χ4n) is 4.15. The molecule has 4 rings (SSSR count). The Hall–Kier alpha value is -3.55. The first-order valence-corrected chi connectivity index (χ1v) is 11.0. The number of benzene rings is 2. The summed E-state index contributed by atoms with van der Waals surface area (Å²) in [5.41, 5.74) is -4.44. The van der Waals surface area contributed by atoms with Crippen molar-refractivity contribution in [2.24, 2.45) is 0 Å². The van der Waals surface area contributed by atoms with E-state index in [0.29, 0.717) is 11.0 Å². The third-order valence-corrected chi connectivity index (χ3v) is 6.24. The summed E-state index contributed by atoms with van der Waals surface area (Å²) in [5, 5.41) is 9.52. The van der Waals surface area contributed by atoms with Crippen molar-refractivity contribution in [2.45, 2.75) is 37.3 Å². The van der Waals surface area contributed by atoms with Crippen LogP contribution in [-0.2, 0) is 12.4 Å². The lowest BCUT2D eigenvalue weighted by molar-refractivity contribution is -0.143. The molecular formula is C23H20F7N3O4. The Morgan fingerprint density at radius 3 is 2.19 bits per heavy atom. The van der Waals surface area contributed by atoms with Gasteiger partial charge in [0.2, 0.25) is 0 Å². The van der Waals surface area contributed by atoms with E-state index < -0.39 is 65.0 Å². The summed E-state index contributed by atoms with van der Waals surface area (Å²) in [7, 11) is 1.11. The molecule has 1 N–H and O–H groups in total. The molecule has 1 saturated heterocycles. The molecule has 0 radical (unpaired) electrons. The van der Waals surface area contributed by atoms with Gasteiger partial charge in [-0.2, -0.15) is 26.3 Å². The monoisotopic (exact) mass is 535 g/mol. The van der Waals surface area contributed by atoms with E-state index in [4.69, 9.17) is 4.74 Å². The number of urea groups is 1. The van der Waals surface area contributed by atoms with Gasteiger partial charge >= 0.3 is 24.5 Å². The van der Waals surface area contributed by atoms with Crippen LogP contribution in [0.4, 0.5) is 51.7 Å². The Kier molecular flexibility index (Phi) is 6.73. The lowest BCUT2D eigenvalue weighted by atomic mass is 9.88. The van der Waals surface area contributed by atoms with Crippen LogP contribution in [0.5, 0.6) is 5.75 Å². The Morgan fingerprint density at radius 1 is 1.03 bits per heavy atom. The molecule has 1 saturated carbocycles. The van der Waals surface area contributed by atoms with E-state index in [1.807, 2.05) is 0 Å². The van der Waals surface area contributed by atoms with Crippen molar-refractivity contribution in [3.63, 3.8) is 0 Å². The van der Waals surface area contributed by atoms with E-state index in [1.165, 1.54) is 4.90 Å². The summed E-state index contributed by atoms with van der Waals surface area (Å²) in [5.74, 6) is -1.92. The maximum atomic E-state index is 14.0. The standard InChI is InChI=1S/C23H20F7N3O4/c1-31(14-4-2-13(24)3-5-14)21(36)37-19-17(23(28,29)30)8-12(22(25,26)27)9-18(19)33-7-6-32(20(33)35)15-10-16(34)11-15/h2-5,8-9,15-16,34H,6-7,10-11H2,1H3. The van der Waals surface area contributed by atoms with Gasteiger partial charge in [-0.25, -0.2) is 14.0 Å². The van der Waals surface area contributed by atoms with Crippen molar-refractivity contribution in [3.05, 3.63) is 53.3 Å². The van der Waals surface area contributed by atoms with Gasteiger partial charge in [0.15, 0.2) is 5.75 Å². The first-order valence-electron chi connectivity index (χ1n) is 11.0. The zero-order chi connectivity index (χ0) is 27.3. The SMILES string of the molecule is CN(C(=O)Oc1c(N2CCN(C3CC(O)C3)C2=O)cc(C(F)(F)F)cc1C(F)(F)F)c1ccc(F)cc1. The van der Waals surface area contributed by atoms with Crippen molar-refractivity contribution in [1.82, 2.24) is 4.90 Å². The number of carbonyl (C=O) groups excluding carboxylic acids is 2. The largest absolute Gasteiger partial charge is 0.420 e. The number of ether oxygens (including phenoxy) is 1. The van der Waals surface area contributed by atoms with Gasteiger partial charge in [-0.1, -0.05) is 0 Å². The summed E-state index contributed by atoms with van der Waals surface area (Å²) in [6.45, 7) is -0.293. The minimum Gasteiger partial charge on any atom is -0.407 e. The molecule has 2 aromatic rings. The molecule has 2 aromatic carbocycles. The molecule has 0 spiro atoms. The third-order valence-electron chi connectivity index (χ3n) is 6.24. The average Bonchev–Trinajstić information content (AvgIpc) is 3.16. The Morgan fingerprint density at radius 2 is 1.65 bits per heavy atom. The number of nitrogens with zero attached hydrogens (tertiary/aromatic N) is 3. The molecule has 1 aliphatic carbocycles. The molecule has 0 bridgehead atoms. The number of anilines is 2. The van der Waals surface area contributed by atoms with E-state index in [1.54, 1.807) is 0 Å². The second-order valence-corrected chi connectivity index (χ2v) is 8.68. The van der Waals surface area contributed by atoms with Gasteiger partial charge in [-0.05, 0) is 49.2 Å². The summed E-state index contributed by atoms with van der Waals surface area (Å²) in [6, 6.07) is 3.09. The molecule has 1 heterocycles. The predicted octanol–water partition coefficient (Wildman–Crippen LogP) is 5.26. The molecule has 2 fully saturated rings. The molecule has 0 aromatic heterocycles. The van der Waals surface area contributed by atoms with Crippen LogP contribution in [0.3, 0.4) is 0 Å². The highest BCUT2D eigenvalue weighted by Gasteiger charge is 2.46. The zero-order valence-corrected chi connectivity index (χ0v) is 19.1. The number of hydrogen-bond donors (Lipinski definition) is 1. The van der Waals surface area contributed by atoms with Crippen molar-refractivity contribution in [3.8, 4) is 5.75 Å². The zero-order valence-electron chi connectivity index (χ0n) is 19.1. The highest BCUT2D eigenvalue weighted by atomic mass is 19.4. The van der Waals surface area contributed by atoms with Crippen LogP contribution >= 0.6 is 0 Å². The number of carbonyl (C=O) groups is 2. The van der Waals surface area contributed by atoms with Gasteiger partial charge < -0.3 is 14.7 Å². The van der Waals surface area contributed by atoms with Crippen LogP contribution in [0.25, 0.3) is 0 Å². The van der Waals surface area contributed by atoms with Crippen LogP contribution in [0, 0.1) is 5.82 Å². The summed E-state index contributed by atoms with van der Waals surface area (Å²) < 4.78 is 101. The molecule has 14 heteroatoms. The molecule has 37 heavy (non-hydrogen) atoms.